The predicted molar refractivity (Wildman–Crippen MR) is 80.7 cm³/mol. The first-order valence-electron chi connectivity index (χ1n) is 7.30. The fourth-order valence-electron chi connectivity index (χ4n) is 1.84. The zero-order chi connectivity index (χ0) is 15.8. The second-order valence-corrected chi connectivity index (χ2v) is 4.87. The van der Waals surface area contributed by atoms with Gasteiger partial charge in [-0.1, -0.05) is 33.3 Å². The second kappa shape index (κ2) is 10.8. The molecule has 1 fully saturated rings. The van der Waals surface area contributed by atoms with Crippen molar-refractivity contribution in [3.05, 3.63) is 29.6 Å². The van der Waals surface area contributed by atoms with Crippen molar-refractivity contribution in [2.75, 3.05) is 0 Å². The average Bonchev–Trinajstić information content (AvgIpc) is 2.43. The molecule has 22 heavy (non-hydrogen) atoms. The molecule has 6 heteroatoms. The van der Waals surface area contributed by atoms with Crippen molar-refractivity contribution in [3.8, 4) is 5.75 Å². The maximum Gasteiger partial charge on any atom is 0.267 e. The van der Waals surface area contributed by atoms with Gasteiger partial charge in [-0.15, -0.1) is 0 Å². The fourth-order valence-corrected chi connectivity index (χ4v) is 1.84. The standard InChI is InChI=1S/C13H14FNO3.C3H8.Y.H2/c1-2-8-3-4-9(7-10(8)14)18-11-5-6-12(16)15-13(11)17;1-3-2;;/h3-4,7,11H,2,5-6H2,1H3,(H,15,16,17);3H2,1-2H3;;1H. The van der Waals surface area contributed by atoms with Crippen molar-refractivity contribution in [3.63, 3.8) is 0 Å². The van der Waals surface area contributed by atoms with E-state index in [2.05, 4.69) is 19.2 Å². The molecule has 121 valence electrons. The number of nitrogens with one attached hydrogen (secondary N) is 1. The zero-order valence-corrected chi connectivity index (χ0v) is 16.2. The van der Waals surface area contributed by atoms with Crippen LogP contribution < -0.4 is 10.1 Å². The monoisotopic (exact) mass is 386 g/mol. The van der Waals surface area contributed by atoms with Gasteiger partial charge in [0.05, 0.1) is 0 Å². The molecule has 1 aliphatic heterocycles. The summed E-state index contributed by atoms with van der Waals surface area (Å²) in [5, 5.41) is 2.19. The predicted octanol–water partition coefficient (Wildman–Crippen LogP) is 3.23. The summed E-state index contributed by atoms with van der Waals surface area (Å²) in [5.74, 6) is -0.805. The van der Waals surface area contributed by atoms with Gasteiger partial charge < -0.3 is 4.74 Å². The number of hydrogen-bond acceptors (Lipinski definition) is 3. The molecular weight excluding hydrogens is 362 g/mol. The normalized spacial score (nSPS) is 16.8. The van der Waals surface area contributed by atoms with Gasteiger partial charge in [-0.2, -0.15) is 0 Å². The second-order valence-electron chi connectivity index (χ2n) is 4.87. The smallest absolute Gasteiger partial charge is 0.267 e. The largest absolute Gasteiger partial charge is 0.480 e. The van der Waals surface area contributed by atoms with Crippen LogP contribution in [0.3, 0.4) is 0 Å². The summed E-state index contributed by atoms with van der Waals surface area (Å²) in [5.41, 5.74) is 0.602. The summed E-state index contributed by atoms with van der Waals surface area (Å²) in [4.78, 5) is 22.4. The maximum absolute atomic E-state index is 13.5. The number of halogens is 1. The van der Waals surface area contributed by atoms with Crippen molar-refractivity contribution < 1.29 is 52.9 Å². The Hall–Kier alpha value is -0.806. The Balaban J connectivity index is 0. The van der Waals surface area contributed by atoms with E-state index >= 15 is 0 Å². The molecule has 1 atom stereocenters. The Morgan fingerprint density at radius 2 is 1.95 bits per heavy atom. The summed E-state index contributed by atoms with van der Waals surface area (Å²) in [6, 6.07) is 4.53. The van der Waals surface area contributed by atoms with Crippen LogP contribution in [-0.4, -0.2) is 17.9 Å². The molecule has 2 rings (SSSR count). The minimum absolute atomic E-state index is 0. The number of rotatable bonds is 3. The van der Waals surface area contributed by atoms with Crippen molar-refractivity contribution >= 4 is 11.8 Å². The van der Waals surface area contributed by atoms with Gasteiger partial charge in [0.1, 0.15) is 11.6 Å². The van der Waals surface area contributed by atoms with E-state index in [0.717, 1.165) is 0 Å². The van der Waals surface area contributed by atoms with Crippen LogP contribution in [0.25, 0.3) is 0 Å². The van der Waals surface area contributed by atoms with Gasteiger partial charge in [-0.25, -0.2) is 4.39 Å². The van der Waals surface area contributed by atoms with E-state index in [9.17, 15) is 14.0 Å². The van der Waals surface area contributed by atoms with E-state index in [1.54, 1.807) is 12.1 Å². The molecule has 1 radical (unpaired) electrons. The first-order chi connectivity index (χ1) is 10.0. The van der Waals surface area contributed by atoms with Crippen molar-refractivity contribution in [1.82, 2.24) is 5.32 Å². The number of amides is 2. The quantitative estimate of drug-likeness (QED) is 0.812. The third-order valence-corrected chi connectivity index (χ3v) is 2.87. The first-order valence-corrected chi connectivity index (χ1v) is 7.30. The molecule has 0 aliphatic carbocycles. The maximum atomic E-state index is 13.5. The van der Waals surface area contributed by atoms with E-state index in [4.69, 9.17) is 4.74 Å². The van der Waals surface area contributed by atoms with Crippen LogP contribution in [0.4, 0.5) is 4.39 Å². The summed E-state index contributed by atoms with van der Waals surface area (Å²) in [7, 11) is 0. The van der Waals surface area contributed by atoms with Crippen molar-refractivity contribution in [2.45, 2.75) is 52.6 Å². The number of hydrogen-bond donors (Lipinski definition) is 1. The van der Waals surface area contributed by atoms with Crippen LogP contribution in [-0.2, 0) is 48.7 Å². The summed E-state index contributed by atoms with van der Waals surface area (Å²) in [6.45, 7) is 6.11. The Morgan fingerprint density at radius 1 is 1.32 bits per heavy atom. The third-order valence-electron chi connectivity index (χ3n) is 2.87. The molecule has 0 saturated carbocycles. The Labute approximate surface area is 157 Å². The zero-order valence-electron chi connectivity index (χ0n) is 13.3. The number of carbonyl (C=O) groups excluding carboxylic acids is 2. The van der Waals surface area contributed by atoms with Gasteiger partial charge in [0, 0.05) is 53.0 Å². The summed E-state index contributed by atoms with van der Waals surface area (Å²) in [6.07, 6.45) is 1.69. The number of aryl methyl sites for hydroxylation is 1. The van der Waals surface area contributed by atoms with Gasteiger partial charge in [0.2, 0.25) is 5.91 Å². The van der Waals surface area contributed by atoms with E-state index in [0.29, 0.717) is 24.2 Å². The fraction of sp³-hybridized carbons (Fsp3) is 0.500. The van der Waals surface area contributed by atoms with E-state index in [1.807, 2.05) is 6.92 Å². The number of carbonyl (C=O) groups is 2. The number of piperidine rings is 1. The molecule has 0 aromatic heterocycles. The summed E-state index contributed by atoms with van der Waals surface area (Å²) >= 11 is 0. The molecule has 0 spiro atoms. The number of ether oxygens (including phenoxy) is 1. The van der Waals surface area contributed by atoms with Gasteiger partial charge in [0.15, 0.2) is 6.10 Å². The number of benzene rings is 1. The van der Waals surface area contributed by atoms with Crippen LogP contribution in [0.5, 0.6) is 5.75 Å². The minimum atomic E-state index is -0.727. The SMILES string of the molecule is CCC.CCc1ccc(OC2CCC(=O)NC2=O)cc1F.[HH].[Y]. The molecule has 1 aromatic rings. The molecule has 1 N–H and O–H groups in total. The topological polar surface area (TPSA) is 55.4 Å². The Bertz CT molecular complexity index is 514. The van der Waals surface area contributed by atoms with Crippen LogP contribution >= 0.6 is 0 Å². The first kappa shape index (κ1) is 21.2. The van der Waals surface area contributed by atoms with Crippen LogP contribution in [0.15, 0.2) is 18.2 Å². The average molecular weight is 386 g/mol. The van der Waals surface area contributed by atoms with E-state index in [1.165, 1.54) is 12.5 Å². The number of imide groups is 1. The van der Waals surface area contributed by atoms with Gasteiger partial charge in [-0.05, 0) is 18.1 Å². The van der Waals surface area contributed by atoms with Gasteiger partial charge in [0.25, 0.3) is 5.91 Å². The van der Waals surface area contributed by atoms with Crippen LogP contribution in [0.1, 0.15) is 47.0 Å². The molecule has 1 saturated heterocycles. The molecule has 4 nitrogen and oxygen atoms in total. The van der Waals surface area contributed by atoms with Crippen LogP contribution in [0.2, 0.25) is 0 Å². The Morgan fingerprint density at radius 3 is 2.45 bits per heavy atom. The molecular formula is C16H24FNO3Y. The van der Waals surface area contributed by atoms with Crippen molar-refractivity contribution in [2.24, 2.45) is 0 Å². The Kier molecular flexibility index (Phi) is 10.4. The minimum Gasteiger partial charge on any atom is -0.480 e. The molecule has 1 unspecified atom stereocenters. The van der Waals surface area contributed by atoms with Crippen molar-refractivity contribution in [1.29, 1.82) is 0 Å². The van der Waals surface area contributed by atoms with E-state index in [-0.39, 0.29) is 52.3 Å². The van der Waals surface area contributed by atoms with Crippen LogP contribution in [0, 0.1) is 5.82 Å². The molecule has 1 heterocycles. The van der Waals surface area contributed by atoms with Gasteiger partial charge >= 0.3 is 0 Å². The molecule has 1 aliphatic rings. The van der Waals surface area contributed by atoms with Gasteiger partial charge in [-0.3, -0.25) is 14.9 Å². The molecule has 2 amide bonds. The third kappa shape index (κ3) is 6.53. The van der Waals surface area contributed by atoms with E-state index < -0.39 is 12.0 Å². The summed E-state index contributed by atoms with van der Waals surface area (Å²) < 4.78 is 18.9. The molecule has 0 bridgehead atoms. The molecule has 1 aromatic carbocycles.